The maximum absolute atomic E-state index is 11.5. The van der Waals surface area contributed by atoms with Gasteiger partial charge in [-0.25, -0.2) is 0 Å². The quantitative estimate of drug-likeness (QED) is 0.750. The fourth-order valence-corrected chi connectivity index (χ4v) is 2.30. The van der Waals surface area contributed by atoms with Crippen LogP contribution < -0.4 is 0 Å². The summed E-state index contributed by atoms with van der Waals surface area (Å²) in [5.74, 6) is -0.116. The van der Waals surface area contributed by atoms with Crippen LogP contribution in [-0.4, -0.2) is 30.6 Å². The predicted molar refractivity (Wildman–Crippen MR) is 66.7 cm³/mol. The third-order valence-electron chi connectivity index (χ3n) is 3.59. The van der Waals surface area contributed by atoms with Crippen LogP contribution in [0.2, 0.25) is 0 Å². The Morgan fingerprint density at radius 1 is 1.41 bits per heavy atom. The van der Waals surface area contributed by atoms with Gasteiger partial charge in [-0.05, 0) is 25.8 Å². The van der Waals surface area contributed by atoms with Crippen LogP contribution in [0.4, 0.5) is 0 Å². The molecule has 0 aromatic heterocycles. The molecule has 0 spiro atoms. The molecule has 2 atom stereocenters. The molecule has 0 bridgehead atoms. The number of likely N-dealkylation sites (tertiary alicyclic amines) is 1. The molecule has 0 amide bonds. The number of hydrogen-bond acceptors (Lipinski definition) is 3. The molecule has 1 aromatic rings. The zero-order valence-corrected chi connectivity index (χ0v) is 10.6. The number of nitrogens with zero attached hydrogens (tertiary/aromatic N) is 1. The lowest BCUT2D eigenvalue weighted by atomic mass is 9.96. The molecule has 0 saturated carbocycles. The minimum atomic E-state index is -0.116. The van der Waals surface area contributed by atoms with E-state index < -0.39 is 0 Å². The average Bonchev–Trinajstić information content (AvgIpc) is 2.28. The van der Waals surface area contributed by atoms with Gasteiger partial charge in [-0.15, -0.1) is 0 Å². The van der Waals surface area contributed by atoms with Crippen molar-refractivity contribution in [3.05, 3.63) is 35.4 Å². The van der Waals surface area contributed by atoms with Crippen LogP contribution in [0.3, 0.4) is 0 Å². The van der Waals surface area contributed by atoms with Crippen molar-refractivity contribution >= 4 is 5.97 Å². The SMILES string of the molecule is COC(=O)C1CCN1C(C)c1ccc(C)cc1. The third kappa shape index (κ3) is 2.34. The van der Waals surface area contributed by atoms with Crippen LogP contribution in [0.25, 0.3) is 0 Å². The maximum atomic E-state index is 11.5. The van der Waals surface area contributed by atoms with Gasteiger partial charge in [0.2, 0.25) is 0 Å². The highest BCUT2D eigenvalue weighted by molar-refractivity contribution is 5.76. The van der Waals surface area contributed by atoms with Crippen molar-refractivity contribution in [2.45, 2.75) is 32.4 Å². The fourth-order valence-electron chi connectivity index (χ4n) is 2.30. The molecular weight excluding hydrogens is 214 g/mol. The summed E-state index contributed by atoms with van der Waals surface area (Å²) in [5, 5.41) is 0. The number of aryl methyl sites for hydroxylation is 1. The van der Waals surface area contributed by atoms with Crippen LogP contribution in [0, 0.1) is 6.92 Å². The molecule has 1 saturated heterocycles. The number of esters is 1. The zero-order chi connectivity index (χ0) is 12.4. The van der Waals surface area contributed by atoms with E-state index >= 15 is 0 Å². The summed E-state index contributed by atoms with van der Waals surface area (Å²) in [5.41, 5.74) is 2.51. The van der Waals surface area contributed by atoms with Crippen molar-refractivity contribution in [1.29, 1.82) is 0 Å². The Labute approximate surface area is 102 Å². The van der Waals surface area contributed by atoms with Crippen molar-refractivity contribution in [3.8, 4) is 0 Å². The second kappa shape index (κ2) is 4.88. The minimum Gasteiger partial charge on any atom is -0.468 e. The van der Waals surface area contributed by atoms with Gasteiger partial charge in [-0.3, -0.25) is 9.69 Å². The number of methoxy groups -OCH3 is 1. The van der Waals surface area contributed by atoms with E-state index in [1.165, 1.54) is 18.2 Å². The highest BCUT2D eigenvalue weighted by Crippen LogP contribution is 2.30. The summed E-state index contributed by atoms with van der Waals surface area (Å²) >= 11 is 0. The molecule has 0 radical (unpaired) electrons. The van der Waals surface area contributed by atoms with Crippen LogP contribution in [0.15, 0.2) is 24.3 Å². The zero-order valence-electron chi connectivity index (χ0n) is 10.6. The monoisotopic (exact) mass is 233 g/mol. The van der Waals surface area contributed by atoms with Gasteiger partial charge in [0.15, 0.2) is 0 Å². The van der Waals surface area contributed by atoms with Gasteiger partial charge in [-0.1, -0.05) is 29.8 Å². The third-order valence-corrected chi connectivity index (χ3v) is 3.59. The molecule has 3 nitrogen and oxygen atoms in total. The molecule has 17 heavy (non-hydrogen) atoms. The van der Waals surface area contributed by atoms with E-state index in [1.807, 2.05) is 0 Å². The Hall–Kier alpha value is -1.35. The van der Waals surface area contributed by atoms with Crippen LogP contribution in [0.1, 0.15) is 30.5 Å². The molecule has 0 N–H and O–H groups in total. The molecule has 1 fully saturated rings. The molecule has 2 rings (SSSR count). The van der Waals surface area contributed by atoms with E-state index in [0.29, 0.717) is 0 Å². The van der Waals surface area contributed by atoms with Crippen LogP contribution >= 0.6 is 0 Å². The standard InChI is InChI=1S/C14H19NO2/c1-10-4-6-12(7-5-10)11(2)15-9-8-13(15)14(16)17-3/h4-7,11,13H,8-9H2,1-3H3. The van der Waals surface area contributed by atoms with Gasteiger partial charge in [0.1, 0.15) is 6.04 Å². The van der Waals surface area contributed by atoms with E-state index in [1.54, 1.807) is 0 Å². The lowest BCUT2D eigenvalue weighted by Crippen LogP contribution is -2.53. The maximum Gasteiger partial charge on any atom is 0.323 e. The second-order valence-electron chi connectivity index (χ2n) is 4.65. The van der Waals surface area contributed by atoms with Crippen LogP contribution in [0.5, 0.6) is 0 Å². The van der Waals surface area contributed by atoms with Gasteiger partial charge in [0.25, 0.3) is 0 Å². The van der Waals surface area contributed by atoms with Crippen molar-refractivity contribution in [2.24, 2.45) is 0 Å². The Kier molecular flexibility index (Phi) is 3.48. The first-order chi connectivity index (χ1) is 8.13. The molecule has 1 heterocycles. The molecule has 1 aliphatic rings. The van der Waals surface area contributed by atoms with Gasteiger partial charge < -0.3 is 4.74 Å². The number of carbonyl (C=O) groups excluding carboxylic acids is 1. The largest absolute Gasteiger partial charge is 0.468 e. The average molecular weight is 233 g/mol. The normalized spacial score (nSPS) is 21.7. The summed E-state index contributed by atoms with van der Waals surface area (Å²) in [6.45, 7) is 5.18. The van der Waals surface area contributed by atoms with Gasteiger partial charge in [0.05, 0.1) is 7.11 Å². The number of benzene rings is 1. The number of ether oxygens (including phenoxy) is 1. The molecule has 2 unspecified atom stereocenters. The summed E-state index contributed by atoms with van der Waals surface area (Å²) in [6.07, 6.45) is 0.906. The van der Waals surface area contributed by atoms with Gasteiger partial charge in [-0.2, -0.15) is 0 Å². The topological polar surface area (TPSA) is 29.5 Å². The Morgan fingerprint density at radius 2 is 2.06 bits per heavy atom. The van der Waals surface area contributed by atoms with Crippen molar-refractivity contribution in [3.63, 3.8) is 0 Å². The second-order valence-corrected chi connectivity index (χ2v) is 4.65. The van der Waals surface area contributed by atoms with Gasteiger partial charge in [0, 0.05) is 12.6 Å². The summed E-state index contributed by atoms with van der Waals surface area (Å²) < 4.78 is 4.81. The highest BCUT2D eigenvalue weighted by Gasteiger charge is 2.38. The Balaban J connectivity index is 2.07. The van der Waals surface area contributed by atoms with E-state index in [2.05, 4.69) is 43.0 Å². The fraction of sp³-hybridized carbons (Fsp3) is 0.500. The first-order valence-electron chi connectivity index (χ1n) is 6.03. The Bertz CT molecular complexity index is 399. The summed E-state index contributed by atoms with van der Waals surface area (Å²) in [7, 11) is 1.45. The lowest BCUT2D eigenvalue weighted by molar-refractivity contribution is -0.153. The number of rotatable bonds is 3. The highest BCUT2D eigenvalue weighted by atomic mass is 16.5. The molecule has 0 aliphatic carbocycles. The van der Waals surface area contributed by atoms with Crippen molar-refractivity contribution < 1.29 is 9.53 Å². The molecular formula is C14H19NO2. The number of carbonyl (C=O) groups is 1. The molecule has 3 heteroatoms. The molecule has 92 valence electrons. The van der Waals surface area contributed by atoms with Crippen molar-refractivity contribution in [1.82, 2.24) is 4.90 Å². The Morgan fingerprint density at radius 3 is 2.53 bits per heavy atom. The van der Waals surface area contributed by atoms with Gasteiger partial charge >= 0.3 is 5.97 Å². The summed E-state index contributed by atoms with van der Waals surface area (Å²) in [6, 6.07) is 8.70. The minimum absolute atomic E-state index is 0.0590. The summed E-state index contributed by atoms with van der Waals surface area (Å²) in [4.78, 5) is 13.7. The predicted octanol–water partition coefficient (Wildman–Crippen LogP) is 2.30. The van der Waals surface area contributed by atoms with E-state index in [9.17, 15) is 4.79 Å². The van der Waals surface area contributed by atoms with E-state index in [4.69, 9.17) is 4.74 Å². The first kappa shape index (κ1) is 12.1. The lowest BCUT2D eigenvalue weighted by Gasteiger charge is -2.43. The van der Waals surface area contributed by atoms with Crippen molar-refractivity contribution in [2.75, 3.05) is 13.7 Å². The number of hydrogen-bond donors (Lipinski definition) is 0. The van der Waals surface area contributed by atoms with Crippen LogP contribution in [-0.2, 0) is 9.53 Å². The first-order valence-corrected chi connectivity index (χ1v) is 6.03. The molecule has 1 aliphatic heterocycles. The smallest absolute Gasteiger partial charge is 0.323 e. The van der Waals surface area contributed by atoms with E-state index in [0.717, 1.165) is 13.0 Å². The van der Waals surface area contributed by atoms with E-state index in [-0.39, 0.29) is 18.1 Å². The molecule has 1 aromatic carbocycles.